The molecule has 0 aliphatic rings. The van der Waals surface area contributed by atoms with Crippen LogP contribution >= 0.6 is 0 Å². The van der Waals surface area contributed by atoms with Crippen LogP contribution in [0.25, 0.3) is 0 Å². The molecule has 0 heterocycles. The summed E-state index contributed by atoms with van der Waals surface area (Å²) in [5.74, 6) is -0.316. The fourth-order valence-corrected chi connectivity index (χ4v) is 2.38. The van der Waals surface area contributed by atoms with Crippen molar-refractivity contribution in [2.75, 3.05) is 25.2 Å². The van der Waals surface area contributed by atoms with Crippen molar-refractivity contribution in [3.05, 3.63) is 29.6 Å². The van der Waals surface area contributed by atoms with Gasteiger partial charge in [-0.15, -0.1) is 0 Å². The molecule has 0 amide bonds. The average molecular weight is 269 g/mol. The van der Waals surface area contributed by atoms with E-state index >= 15 is 0 Å². The number of hydrogen-bond acceptors (Lipinski definition) is 3. The molecule has 1 N–H and O–H groups in total. The standard InChI is InChI=1S/C15H24FNO2/c1-4-14(5-2)17(8-9-19-3)15-7-6-13(16)10-12(15)11-18/h6-7,10,14,18H,4-5,8-9,11H2,1-3H3. The first kappa shape index (κ1) is 15.9. The molecule has 3 nitrogen and oxygen atoms in total. The number of halogens is 1. The molecule has 4 heteroatoms. The van der Waals surface area contributed by atoms with Crippen LogP contribution in [0.4, 0.5) is 10.1 Å². The Kier molecular flexibility index (Phi) is 6.81. The third kappa shape index (κ3) is 4.18. The highest BCUT2D eigenvalue weighted by Crippen LogP contribution is 2.25. The van der Waals surface area contributed by atoms with E-state index in [0.717, 1.165) is 25.1 Å². The van der Waals surface area contributed by atoms with Crippen molar-refractivity contribution in [2.24, 2.45) is 0 Å². The molecule has 0 radical (unpaired) electrons. The van der Waals surface area contributed by atoms with Crippen LogP contribution in [-0.2, 0) is 11.3 Å². The molecule has 0 spiro atoms. The predicted octanol–water partition coefficient (Wildman–Crippen LogP) is 2.96. The number of aliphatic hydroxyl groups is 1. The summed E-state index contributed by atoms with van der Waals surface area (Å²) < 4.78 is 18.4. The normalized spacial score (nSPS) is 11.1. The maximum Gasteiger partial charge on any atom is 0.123 e. The second-order valence-corrected chi connectivity index (χ2v) is 4.59. The van der Waals surface area contributed by atoms with Crippen LogP contribution in [0.2, 0.25) is 0 Å². The summed E-state index contributed by atoms with van der Waals surface area (Å²) in [6, 6.07) is 4.95. The van der Waals surface area contributed by atoms with Crippen LogP contribution in [-0.4, -0.2) is 31.4 Å². The smallest absolute Gasteiger partial charge is 0.123 e. The first-order chi connectivity index (χ1) is 9.17. The number of aliphatic hydroxyl groups excluding tert-OH is 1. The Bertz CT molecular complexity index is 380. The molecule has 1 aromatic carbocycles. The summed E-state index contributed by atoms with van der Waals surface area (Å²) in [6.45, 7) is 5.46. The number of methoxy groups -OCH3 is 1. The van der Waals surface area contributed by atoms with Gasteiger partial charge in [0.15, 0.2) is 0 Å². The average Bonchev–Trinajstić information content (AvgIpc) is 2.43. The number of anilines is 1. The van der Waals surface area contributed by atoms with Gasteiger partial charge in [0.1, 0.15) is 5.82 Å². The van der Waals surface area contributed by atoms with Crippen LogP contribution in [0, 0.1) is 5.82 Å². The monoisotopic (exact) mass is 269 g/mol. The lowest BCUT2D eigenvalue weighted by molar-refractivity contribution is 0.202. The maximum atomic E-state index is 13.3. The third-order valence-corrected chi connectivity index (χ3v) is 3.44. The summed E-state index contributed by atoms with van der Waals surface area (Å²) in [5, 5.41) is 9.42. The zero-order chi connectivity index (χ0) is 14.3. The van der Waals surface area contributed by atoms with Gasteiger partial charge in [-0.05, 0) is 31.0 Å². The number of nitrogens with zero attached hydrogens (tertiary/aromatic N) is 1. The molecule has 0 unspecified atom stereocenters. The summed E-state index contributed by atoms with van der Waals surface area (Å²) in [4.78, 5) is 2.20. The van der Waals surface area contributed by atoms with E-state index in [1.807, 2.05) is 0 Å². The number of ether oxygens (including phenoxy) is 1. The van der Waals surface area contributed by atoms with Crippen LogP contribution < -0.4 is 4.90 Å². The molecule has 108 valence electrons. The van der Waals surface area contributed by atoms with Crippen LogP contribution in [0.15, 0.2) is 18.2 Å². The Hall–Kier alpha value is -1.13. The van der Waals surface area contributed by atoms with Crippen molar-refractivity contribution in [3.63, 3.8) is 0 Å². The van der Waals surface area contributed by atoms with Gasteiger partial charge in [-0.1, -0.05) is 13.8 Å². The molecule has 0 aliphatic carbocycles. The number of hydrogen-bond donors (Lipinski definition) is 1. The minimum absolute atomic E-state index is 0.156. The highest BCUT2D eigenvalue weighted by atomic mass is 19.1. The van der Waals surface area contributed by atoms with Crippen molar-refractivity contribution in [2.45, 2.75) is 39.3 Å². The molecule has 0 saturated carbocycles. The minimum Gasteiger partial charge on any atom is -0.392 e. The first-order valence-electron chi connectivity index (χ1n) is 6.82. The SMILES string of the molecule is CCC(CC)N(CCOC)c1ccc(F)cc1CO. The predicted molar refractivity (Wildman–Crippen MR) is 75.9 cm³/mol. The lowest BCUT2D eigenvalue weighted by Crippen LogP contribution is -2.37. The van der Waals surface area contributed by atoms with Gasteiger partial charge in [0.05, 0.1) is 13.2 Å². The van der Waals surface area contributed by atoms with Crippen molar-refractivity contribution in [3.8, 4) is 0 Å². The number of benzene rings is 1. The van der Waals surface area contributed by atoms with Crippen molar-refractivity contribution in [1.29, 1.82) is 0 Å². The Labute approximate surface area is 115 Å². The number of rotatable bonds is 8. The van der Waals surface area contributed by atoms with Crippen molar-refractivity contribution >= 4 is 5.69 Å². The fraction of sp³-hybridized carbons (Fsp3) is 0.600. The Balaban J connectivity index is 3.08. The minimum atomic E-state index is -0.316. The van der Waals surface area contributed by atoms with E-state index in [0.29, 0.717) is 18.2 Å². The molecule has 1 aromatic rings. The lowest BCUT2D eigenvalue weighted by atomic mass is 10.1. The molecule has 0 aliphatic heterocycles. The molecule has 0 saturated heterocycles. The summed E-state index contributed by atoms with van der Waals surface area (Å²) >= 11 is 0. The lowest BCUT2D eigenvalue weighted by Gasteiger charge is -2.34. The van der Waals surface area contributed by atoms with E-state index in [1.165, 1.54) is 12.1 Å². The van der Waals surface area contributed by atoms with Gasteiger partial charge in [-0.25, -0.2) is 4.39 Å². The van der Waals surface area contributed by atoms with Crippen LogP contribution in [0.5, 0.6) is 0 Å². The van der Waals surface area contributed by atoms with Gasteiger partial charge < -0.3 is 14.7 Å². The Morgan fingerprint density at radius 1 is 1.32 bits per heavy atom. The Morgan fingerprint density at radius 2 is 2.00 bits per heavy atom. The van der Waals surface area contributed by atoms with Gasteiger partial charge in [0.25, 0.3) is 0 Å². The van der Waals surface area contributed by atoms with Gasteiger partial charge in [-0.3, -0.25) is 0 Å². The molecule has 0 aromatic heterocycles. The molecule has 0 atom stereocenters. The van der Waals surface area contributed by atoms with Crippen molar-refractivity contribution < 1.29 is 14.2 Å². The largest absolute Gasteiger partial charge is 0.392 e. The van der Waals surface area contributed by atoms with E-state index < -0.39 is 0 Å². The molecular formula is C15H24FNO2. The van der Waals surface area contributed by atoms with E-state index in [4.69, 9.17) is 4.74 Å². The summed E-state index contributed by atoms with van der Waals surface area (Å²) in [6.07, 6.45) is 2.00. The molecule has 0 fully saturated rings. The summed E-state index contributed by atoms with van der Waals surface area (Å²) in [5.41, 5.74) is 1.53. The fourth-order valence-electron chi connectivity index (χ4n) is 2.38. The van der Waals surface area contributed by atoms with Crippen LogP contribution in [0.1, 0.15) is 32.3 Å². The molecule has 1 rings (SSSR count). The van der Waals surface area contributed by atoms with Gasteiger partial charge in [-0.2, -0.15) is 0 Å². The maximum absolute atomic E-state index is 13.3. The highest BCUT2D eigenvalue weighted by molar-refractivity contribution is 5.54. The first-order valence-corrected chi connectivity index (χ1v) is 6.82. The van der Waals surface area contributed by atoms with Crippen molar-refractivity contribution in [1.82, 2.24) is 0 Å². The molecular weight excluding hydrogens is 245 g/mol. The van der Waals surface area contributed by atoms with Gasteiger partial charge >= 0.3 is 0 Å². The van der Waals surface area contributed by atoms with E-state index in [9.17, 15) is 9.50 Å². The van der Waals surface area contributed by atoms with E-state index in [1.54, 1.807) is 13.2 Å². The third-order valence-electron chi connectivity index (χ3n) is 3.44. The Morgan fingerprint density at radius 3 is 2.53 bits per heavy atom. The second-order valence-electron chi connectivity index (χ2n) is 4.59. The topological polar surface area (TPSA) is 32.7 Å². The zero-order valence-electron chi connectivity index (χ0n) is 12.0. The van der Waals surface area contributed by atoms with E-state index in [-0.39, 0.29) is 12.4 Å². The zero-order valence-corrected chi connectivity index (χ0v) is 12.0. The van der Waals surface area contributed by atoms with Gasteiger partial charge in [0, 0.05) is 30.9 Å². The summed E-state index contributed by atoms with van der Waals surface area (Å²) in [7, 11) is 1.67. The second kappa shape index (κ2) is 8.12. The molecule has 0 bridgehead atoms. The molecule has 19 heavy (non-hydrogen) atoms. The quantitative estimate of drug-likeness (QED) is 0.787. The van der Waals surface area contributed by atoms with E-state index in [2.05, 4.69) is 18.7 Å². The highest BCUT2D eigenvalue weighted by Gasteiger charge is 2.18. The van der Waals surface area contributed by atoms with Crippen LogP contribution in [0.3, 0.4) is 0 Å². The van der Waals surface area contributed by atoms with Gasteiger partial charge in [0.2, 0.25) is 0 Å².